The van der Waals surface area contributed by atoms with Gasteiger partial charge in [0.2, 0.25) is 5.91 Å². The Kier molecular flexibility index (Phi) is 8.56. The molecule has 1 fully saturated rings. The monoisotopic (exact) mass is 487 g/mol. The fourth-order valence-electron chi connectivity index (χ4n) is 3.11. The third-order valence-corrected chi connectivity index (χ3v) is 7.70. The summed E-state index contributed by atoms with van der Waals surface area (Å²) in [5.74, 6) is 0.174. The topological polar surface area (TPSA) is 71.5 Å². The zero-order valence-corrected chi connectivity index (χ0v) is 19.9. The Bertz CT molecular complexity index is 923. The molecule has 1 aliphatic heterocycles. The molecule has 1 atom stereocenters. The molecule has 0 bridgehead atoms. The van der Waals surface area contributed by atoms with Crippen molar-refractivity contribution in [3.63, 3.8) is 0 Å². The first-order valence-electron chi connectivity index (χ1n) is 9.47. The highest BCUT2D eigenvalue weighted by Crippen LogP contribution is 2.27. The molecule has 10 heteroatoms. The number of nitrogens with one attached hydrogen (secondary N) is 1. The molecule has 1 N–H and O–H groups in total. The van der Waals surface area contributed by atoms with E-state index >= 15 is 0 Å². The lowest BCUT2D eigenvalue weighted by Gasteiger charge is -2.33. The van der Waals surface area contributed by atoms with Gasteiger partial charge in [-0.3, -0.25) is 14.5 Å². The highest BCUT2D eigenvalue weighted by Gasteiger charge is 2.21. The Morgan fingerprint density at radius 3 is 2.87 bits per heavy atom. The number of thioether (sulfide) groups is 1. The van der Waals surface area contributed by atoms with Crippen molar-refractivity contribution in [2.45, 2.75) is 30.8 Å². The summed E-state index contributed by atoms with van der Waals surface area (Å²) in [6, 6.07) is 5.65. The molecule has 1 saturated heterocycles. The van der Waals surface area contributed by atoms with Gasteiger partial charge in [0.05, 0.1) is 39.1 Å². The number of aryl methyl sites for hydroxylation is 1. The SMILES string of the molecule is CC(=O)c1sc(SCC(=O)NCC2CN(Cc3ccc(Cl)c(Cl)c3)CCO2)nc1C. The van der Waals surface area contributed by atoms with Crippen molar-refractivity contribution < 1.29 is 14.3 Å². The molecular weight excluding hydrogens is 465 g/mol. The van der Waals surface area contributed by atoms with Gasteiger partial charge in [0.25, 0.3) is 0 Å². The van der Waals surface area contributed by atoms with Crippen molar-refractivity contribution in [1.82, 2.24) is 15.2 Å². The van der Waals surface area contributed by atoms with Gasteiger partial charge in [-0.15, -0.1) is 11.3 Å². The van der Waals surface area contributed by atoms with Gasteiger partial charge in [-0.25, -0.2) is 4.98 Å². The molecule has 1 aliphatic rings. The highest BCUT2D eigenvalue weighted by molar-refractivity contribution is 8.01. The van der Waals surface area contributed by atoms with E-state index in [1.54, 1.807) is 6.07 Å². The molecule has 0 spiro atoms. The summed E-state index contributed by atoms with van der Waals surface area (Å²) in [4.78, 5) is 31.0. The minimum atomic E-state index is -0.0811. The van der Waals surface area contributed by atoms with Gasteiger partial charge >= 0.3 is 0 Å². The average Bonchev–Trinajstić information content (AvgIpc) is 3.09. The lowest BCUT2D eigenvalue weighted by atomic mass is 10.2. The summed E-state index contributed by atoms with van der Waals surface area (Å²) < 4.78 is 6.52. The van der Waals surface area contributed by atoms with Crippen LogP contribution in [0.25, 0.3) is 0 Å². The van der Waals surface area contributed by atoms with E-state index < -0.39 is 0 Å². The molecule has 2 heterocycles. The molecule has 0 aliphatic carbocycles. The van der Waals surface area contributed by atoms with Gasteiger partial charge in [-0.05, 0) is 24.6 Å². The lowest BCUT2D eigenvalue weighted by molar-refractivity contribution is -0.119. The number of hydrogen-bond donors (Lipinski definition) is 1. The molecule has 1 unspecified atom stereocenters. The fourth-order valence-corrected chi connectivity index (χ4v) is 5.35. The summed E-state index contributed by atoms with van der Waals surface area (Å²) in [5.41, 5.74) is 1.81. The molecular formula is C20H23Cl2N3O3S2. The number of hydrogen-bond acceptors (Lipinski definition) is 7. The van der Waals surface area contributed by atoms with E-state index in [4.69, 9.17) is 27.9 Å². The minimum Gasteiger partial charge on any atom is -0.374 e. The smallest absolute Gasteiger partial charge is 0.230 e. The number of ketones is 1. The standard InChI is InChI=1S/C20H23Cl2N3O3S2/c1-12-19(13(2)26)30-20(24-12)29-11-18(27)23-8-15-10-25(5-6-28-15)9-14-3-4-16(21)17(22)7-14/h3-4,7,15H,5-6,8-11H2,1-2H3,(H,23,27). The molecule has 2 aromatic rings. The number of Topliss-reactive ketones (excluding diaryl/α,β-unsaturated/α-hetero) is 1. The van der Waals surface area contributed by atoms with Gasteiger partial charge in [0.15, 0.2) is 10.1 Å². The maximum atomic E-state index is 12.2. The van der Waals surface area contributed by atoms with Gasteiger partial charge in [-0.2, -0.15) is 0 Å². The fraction of sp³-hybridized carbons (Fsp3) is 0.450. The van der Waals surface area contributed by atoms with Crippen LogP contribution in [0.3, 0.4) is 0 Å². The van der Waals surface area contributed by atoms with E-state index in [1.807, 2.05) is 19.1 Å². The number of aromatic nitrogens is 1. The number of amides is 1. The molecule has 1 aromatic heterocycles. The predicted octanol–water partition coefficient (Wildman–Crippen LogP) is 4.07. The summed E-state index contributed by atoms with van der Waals surface area (Å²) in [6.07, 6.45) is -0.0677. The normalized spacial score (nSPS) is 17.1. The van der Waals surface area contributed by atoms with Crippen LogP contribution in [-0.4, -0.2) is 59.7 Å². The molecule has 162 valence electrons. The highest BCUT2D eigenvalue weighted by atomic mass is 35.5. The van der Waals surface area contributed by atoms with Crippen molar-refractivity contribution in [1.29, 1.82) is 0 Å². The molecule has 6 nitrogen and oxygen atoms in total. The number of halogens is 2. The Balaban J connectivity index is 1.42. The molecule has 0 saturated carbocycles. The van der Waals surface area contributed by atoms with Crippen LogP contribution in [0.2, 0.25) is 10.0 Å². The van der Waals surface area contributed by atoms with Gasteiger partial charge in [-0.1, -0.05) is 41.0 Å². The number of ether oxygens (including phenoxy) is 1. The predicted molar refractivity (Wildman–Crippen MR) is 122 cm³/mol. The first-order chi connectivity index (χ1) is 14.3. The Morgan fingerprint density at radius 2 is 2.17 bits per heavy atom. The van der Waals surface area contributed by atoms with Crippen molar-refractivity contribution in [3.05, 3.63) is 44.4 Å². The number of benzene rings is 1. The second-order valence-electron chi connectivity index (χ2n) is 7.02. The van der Waals surface area contributed by atoms with Crippen LogP contribution in [-0.2, 0) is 16.1 Å². The van der Waals surface area contributed by atoms with Crippen molar-refractivity contribution in [2.75, 3.05) is 32.0 Å². The van der Waals surface area contributed by atoms with Crippen LogP contribution in [0.15, 0.2) is 22.5 Å². The second-order valence-corrected chi connectivity index (χ2v) is 10.1. The first kappa shape index (κ1) is 23.5. The van der Waals surface area contributed by atoms with E-state index in [-0.39, 0.29) is 23.5 Å². The summed E-state index contributed by atoms with van der Waals surface area (Å²) in [5, 5.41) is 4.03. The Hall–Kier alpha value is -1.16. The van der Waals surface area contributed by atoms with Gasteiger partial charge < -0.3 is 10.1 Å². The van der Waals surface area contributed by atoms with Crippen LogP contribution in [0.5, 0.6) is 0 Å². The molecule has 30 heavy (non-hydrogen) atoms. The van der Waals surface area contributed by atoms with Crippen LogP contribution >= 0.6 is 46.3 Å². The van der Waals surface area contributed by atoms with Gasteiger partial charge in [0, 0.05) is 33.1 Å². The number of carbonyl (C=O) groups excluding carboxylic acids is 2. The zero-order chi connectivity index (χ0) is 21.7. The summed E-state index contributed by atoms with van der Waals surface area (Å²) in [7, 11) is 0. The maximum absolute atomic E-state index is 12.2. The molecule has 3 rings (SSSR count). The summed E-state index contributed by atoms with van der Waals surface area (Å²) >= 11 is 14.8. The molecule has 1 aromatic carbocycles. The van der Waals surface area contributed by atoms with Crippen molar-refractivity contribution in [3.8, 4) is 0 Å². The second kappa shape index (κ2) is 10.9. The number of carbonyl (C=O) groups is 2. The lowest BCUT2D eigenvalue weighted by Crippen LogP contribution is -2.47. The minimum absolute atomic E-state index is 0.00109. The number of morpholine rings is 1. The number of nitrogens with zero attached hydrogens (tertiary/aromatic N) is 2. The molecule has 0 radical (unpaired) electrons. The largest absolute Gasteiger partial charge is 0.374 e. The van der Waals surface area contributed by atoms with Crippen LogP contribution in [0, 0.1) is 6.92 Å². The van der Waals surface area contributed by atoms with Gasteiger partial charge in [0.1, 0.15) is 0 Å². The average molecular weight is 488 g/mol. The number of thiazole rings is 1. The van der Waals surface area contributed by atoms with Crippen molar-refractivity contribution in [2.24, 2.45) is 0 Å². The van der Waals surface area contributed by atoms with E-state index in [9.17, 15) is 9.59 Å². The Labute approximate surface area is 194 Å². The maximum Gasteiger partial charge on any atom is 0.230 e. The van der Waals surface area contributed by atoms with E-state index in [0.717, 1.165) is 29.5 Å². The van der Waals surface area contributed by atoms with Crippen LogP contribution < -0.4 is 5.32 Å². The van der Waals surface area contributed by atoms with E-state index in [2.05, 4.69) is 15.2 Å². The third-order valence-electron chi connectivity index (χ3n) is 4.56. The van der Waals surface area contributed by atoms with Crippen molar-refractivity contribution >= 4 is 58.0 Å². The van der Waals surface area contributed by atoms with E-state index in [1.165, 1.54) is 30.0 Å². The third kappa shape index (κ3) is 6.67. The first-order valence-corrected chi connectivity index (χ1v) is 12.0. The Morgan fingerprint density at radius 1 is 1.37 bits per heavy atom. The molecule has 1 amide bonds. The van der Waals surface area contributed by atoms with Crippen LogP contribution in [0.4, 0.5) is 0 Å². The van der Waals surface area contributed by atoms with Crippen LogP contribution in [0.1, 0.15) is 27.9 Å². The van der Waals surface area contributed by atoms with E-state index in [0.29, 0.717) is 33.8 Å². The zero-order valence-electron chi connectivity index (χ0n) is 16.7. The number of rotatable bonds is 8. The quantitative estimate of drug-likeness (QED) is 0.446. The summed E-state index contributed by atoms with van der Waals surface area (Å²) in [6.45, 7) is 6.69.